The highest BCUT2D eigenvalue weighted by Gasteiger charge is 2.30. The number of nitrogens with zero attached hydrogens (tertiary/aromatic N) is 2. The molecule has 0 aliphatic carbocycles. The molecule has 4 rings (SSSR count). The third kappa shape index (κ3) is 5.94. The van der Waals surface area contributed by atoms with Crippen LogP contribution in [0.2, 0.25) is 10.0 Å². The van der Waals surface area contributed by atoms with Crippen molar-refractivity contribution in [1.82, 2.24) is 4.98 Å². The van der Waals surface area contributed by atoms with Gasteiger partial charge in [0, 0.05) is 31.4 Å². The predicted octanol–water partition coefficient (Wildman–Crippen LogP) is 4.54. The van der Waals surface area contributed by atoms with Crippen molar-refractivity contribution in [3.8, 4) is 0 Å². The summed E-state index contributed by atoms with van der Waals surface area (Å²) in [5, 5.41) is 15.6. The summed E-state index contributed by atoms with van der Waals surface area (Å²) in [6, 6.07) is 14.3. The van der Waals surface area contributed by atoms with Gasteiger partial charge in [-0.3, -0.25) is 19.4 Å². The number of halogens is 2. The number of benzene rings is 2. The van der Waals surface area contributed by atoms with Crippen LogP contribution in [-0.4, -0.2) is 35.1 Å². The molecule has 0 radical (unpaired) electrons. The number of anilines is 3. The van der Waals surface area contributed by atoms with Crippen LogP contribution in [0.5, 0.6) is 0 Å². The van der Waals surface area contributed by atoms with Gasteiger partial charge in [-0.25, -0.2) is 4.79 Å². The number of carbonyl (C=O) groups is 2. The van der Waals surface area contributed by atoms with Crippen LogP contribution in [0.25, 0.3) is 0 Å². The number of aromatic nitrogens is 1. The molecule has 1 heterocycles. The lowest BCUT2D eigenvalue weighted by molar-refractivity contribution is -0.137. The molecule has 0 fully saturated rings. The Bertz CT molecular complexity index is 1560. The van der Waals surface area contributed by atoms with Gasteiger partial charge in [-0.2, -0.15) is 0 Å². The molecule has 2 atom stereocenters. The van der Waals surface area contributed by atoms with Gasteiger partial charge >= 0.3 is 5.97 Å². The summed E-state index contributed by atoms with van der Waals surface area (Å²) in [5.74, 6) is -1.66. The number of rotatable bonds is 10. The third-order valence-electron chi connectivity index (χ3n) is 6.47. The van der Waals surface area contributed by atoms with Crippen molar-refractivity contribution in [1.29, 1.82) is 0 Å². The molecule has 11 heteroatoms. The van der Waals surface area contributed by atoms with E-state index in [0.29, 0.717) is 11.1 Å². The zero-order valence-electron chi connectivity index (χ0n) is 20.9. The minimum Gasteiger partial charge on any atom is -0.480 e. The van der Waals surface area contributed by atoms with E-state index in [0.717, 1.165) is 5.56 Å². The van der Waals surface area contributed by atoms with Crippen molar-refractivity contribution in [2.75, 3.05) is 22.6 Å². The first-order valence-electron chi connectivity index (χ1n) is 11.9. The number of carboxylic acids is 1. The number of hydrogen-bond donors (Lipinski definition) is 3. The van der Waals surface area contributed by atoms with Gasteiger partial charge in [-0.05, 0) is 30.2 Å². The Kier molecular flexibility index (Phi) is 8.32. The summed E-state index contributed by atoms with van der Waals surface area (Å²) < 4.78 is 0. The molecule has 0 spiro atoms. The fourth-order valence-electron chi connectivity index (χ4n) is 4.12. The largest absolute Gasteiger partial charge is 0.480 e. The quantitative estimate of drug-likeness (QED) is 0.238. The van der Waals surface area contributed by atoms with Gasteiger partial charge in [0.25, 0.3) is 16.8 Å². The van der Waals surface area contributed by atoms with Crippen LogP contribution in [-0.2, 0) is 11.2 Å². The second-order valence-electron chi connectivity index (χ2n) is 8.95. The molecule has 1 aromatic heterocycles. The standard InChI is InChI=1S/C28H24Cl2N4O5/c1-15(17-6-4-3-5-7-17)34(2)24-23(25(35)26(24)36)32-21(28(38)39)12-16-8-10-18(11-9-16)27(37)33-22-19(29)13-31-14-20(22)30/h3-11,13-15,21,32H,12H2,1-2H3,(H,38,39)(H,31,33,37)/t15-,21-/m0/s1. The molecular formula is C28H24Cl2N4O5. The maximum Gasteiger partial charge on any atom is 0.326 e. The predicted molar refractivity (Wildman–Crippen MR) is 152 cm³/mol. The molecule has 0 unspecified atom stereocenters. The van der Waals surface area contributed by atoms with E-state index in [-0.39, 0.29) is 39.6 Å². The molecule has 4 aromatic rings. The minimum absolute atomic E-state index is 0.00452. The molecule has 0 saturated carbocycles. The van der Waals surface area contributed by atoms with Crippen LogP contribution in [0.15, 0.2) is 76.6 Å². The number of carboxylic acid groups (broad SMARTS) is 1. The van der Waals surface area contributed by atoms with E-state index in [9.17, 15) is 24.3 Å². The van der Waals surface area contributed by atoms with Gasteiger partial charge in [0.2, 0.25) is 0 Å². The zero-order chi connectivity index (χ0) is 28.3. The first-order valence-corrected chi connectivity index (χ1v) is 12.6. The SMILES string of the molecule is C[C@@H](c1ccccc1)N(C)c1c(N[C@@H](Cc2ccc(C(=O)Nc3c(Cl)cncc3Cl)cc2)C(=O)O)c(=O)c1=O. The van der Waals surface area contributed by atoms with Crippen molar-refractivity contribution < 1.29 is 14.7 Å². The third-order valence-corrected chi connectivity index (χ3v) is 7.04. The van der Waals surface area contributed by atoms with Crippen LogP contribution in [0.4, 0.5) is 17.1 Å². The Hall–Kier alpha value is -4.21. The molecule has 9 nitrogen and oxygen atoms in total. The highest BCUT2D eigenvalue weighted by Crippen LogP contribution is 2.30. The molecule has 0 aliphatic rings. The summed E-state index contributed by atoms with van der Waals surface area (Å²) in [7, 11) is 1.69. The fourth-order valence-corrected chi connectivity index (χ4v) is 4.58. The van der Waals surface area contributed by atoms with E-state index in [2.05, 4.69) is 15.6 Å². The Balaban J connectivity index is 1.48. The normalized spacial score (nSPS) is 12.5. The molecule has 3 aromatic carbocycles. The summed E-state index contributed by atoms with van der Waals surface area (Å²) >= 11 is 12.1. The van der Waals surface area contributed by atoms with E-state index < -0.39 is 28.8 Å². The summed E-state index contributed by atoms with van der Waals surface area (Å²) in [6.07, 6.45) is 2.70. The van der Waals surface area contributed by atoms with Crippen LogP contribution in [0, 0.1) is 0 Å². The maximum atomic E-state index is 12.6. The summed E-state index contributed by atoms with van der Waals surface area (Å²) in [4.78, 5) is 55.0. The molecule has 0 bridgehead atoms. The molecule has 39 heavy (non-hydrogen) atoms. The number of amides is 1. The van der Waals surface area contributed by atoms with Crippen molar-refractivity contribution in [2.45, 2.75) is 25.4 Å². The van der Waals surface area contributed by atoms with Crippen LogP contribution >= 0.6 is 23.2 Å². The minimum atomic E-state index is -1.20. The van der Waals surface area contributed by atoms with Gasteiger partial charge in [0.1, 0.15) is 17.4 Å². The average molecular weight is 567 g/mol. The molecular weight excluding hydrogens is 543 g/mol. The molecule has 1 amide bonds. The second-order valence-corrected chi connectivity index (χ2v) is 9.76. The van der Waals surface area contributed by atoms with Gasteiger partial charge in [0.15, 0.2) is 0 Å². The van der Waals surface area contributed by atoms with Gasteiger partial charge in [-0.15, -0.1) is 0 Å². The van der Waals surface area contributed by atoms with E-state index >= 15 is 0 Å². The smallest absolute Gasteiger partial charge is 0.326 e. The Morgan fingerprint density at radius 3 is 2.15 bits per heavy atom. The van der Waals surface area contributed by atoms with Crippen molar-refractivity contribution in [2.24, 2.45) is 0 Å². The average Bonchev–Trinajstić information content (AvgIpc) is 2.94. The maximum absolute atomic E-state index is 12.6. The van der Waals surface area contributed by atoms with Crippen LogP contribution in [0.3, 0.4) is 0 Å². The van der Waals surface area contributed by atoms with Gasteiger partial charge in [-0.1, -0.05) is 65.7 Å². The molecule has 0 aliphatic heterocycles. The number of aliphatic carboxylic acids is 1. The molecule has 200 valence electrons. The second kappa shape index (κ2) is 11.7. The van der Waals surface area contributed by atoms with E-state index in [1.807, 2.05) is 37.3 Å². The van der Waals surface area contributed by atoms with E-state index in [1.165, 1.54) is 24.5 Å². The highest BCUT2D eigenvalue weighted by atomic mass is 35.5. The van der Waals surface area contributed by atoms with E-state index in [4.69, 9.17) is 23.2 Å². The Labute approximate surface area is 233 Å². The van der Waals surface area contributed by atoms with Crippen molar-refractivity contribution in [3.05, 3.63) is 114 Å². The van der Waals surface area contributed by atoms with Gasteiger partial charge < -0.3 is 20.6 Å². The highest BCUT2D eigenvalue weighted by molar-refractivity contribution is 6.39. The Morgan fingerprint density at radius 1 is 0.949 bits per heavy atom. The zero-order valence-corrected chi connectivity index (χ0v) is 22.5. The topological polar surface area (TPSA) is 129 Å². The lowest BCUT2D eigenvalue weighted by Gasteiger charge is -2.30. The lowest BCUT2D eigenvalue weighted by Crippen LogP contribution is -2.45. The monoisotopic (exact) mass is 566 g/mol. The number of hydrogen-bond acceptors (Lipinski definition) is 7. The first-order chi connectivity index (χ1) is 18.6. The Morgan fingerprint density at radius 2 is 1.56 bits per heavy atom. The number of nitrogens with one attached hydrogen (secondary N) is 2. The first kappa shape index (κ1) is 27.8. The fraction of sp³-hybridized carbons (Fsp3) is 0.179. The van der Waals surface area contributed by atoms with Gasteiger partial charge in [0.05, 0.1) is 21.8 Å². The van der Waals surface area contributed by atoms with Crippen molar-refractivity contribution >= 4 is 52.1 Å². The summed E-state index contributed by atoms with van der Waals surface area (Å²) in [5.41, 5.74) is 0.740. The lowest BCUT2D eigenvalue weighted by atomic mass is 10.0. The van der Waals surface area contributed by atoms with Crippen LogP contribution in [0.1, 0.15) is 34.5 Å². The van der Waals surface area contributed by atoms with Crippen molar-refractivity contribution in [3.63, 3.8) is 0 Å². The van der Waals surface area contributed by atoms with Crippen LogP contribution < -0.4 is 26.4 Å². The summed E-state index contributed by atoms with van der Waals surface area (Å²) in [6.45, 7) is 1.89. The molecule has 0 saturated heterocycles. The molecule has 3 N–H and O–H groups in total. The number of carbonyl (C=O) groups excluding carboxylic acids is 1. The number of pyridine rings is 1. The van der Waals surface area contributed by atoms with E-state index in [1.54, 1.807) is 24.1 Å².